The number of amides is 1. The number of fused-ring (bicyclic) bond motifs is 1. The molecule has 0 aliphatic heterocycles. The molecule has 1 aromatic heterocycles. The number of benzene rings is 1. The Kier molecular flexibility index (Phi) is 3.81. The number of halogens is 1. The van der Waals surface area contributed by atoms with Crippen LogP contribution < -0.4 is 10.8 Å². The molecule has 0 saturated heterocycles. The van der Waals surface area contributed by atoms with Crippen LogP contribution in [0.2, 0.25) is 5.02 Å². The van der Waals surface area contributed by atoms with Crippen LogP contribution in [0, 0.1) is 5.41 Å². The Bertz CT molecular complexity index is 765. The molecule has 2 rings (SSSR count). The maximum atomic E-state index is 12.0. The molecular formula is C14H14ClN3O2. The average Bonchev–Trinajstić information content (AvgIpc) is 2.43. The van der Waals surface area contributed by atoms with Crippen molar-refractivity contribution < 1.29 is 9.90 Å². The van der Waals surface area contributed by atoms with Gasteiger partial charge in [0, 0.05) is 24.0 Å². The third-order valence-electron chi connectivity index (χ3n) is 3.02. The van der Waals surface area contributed by atoms with Gasteiger partial charge in [-0.15, -0.1) is 6.58 Å². The van der Waals surface area contributed by atoms with Gasteiger partial charge in [0.25, 0.3) is 5.91 Å². The number of hydrogen-bond acceptors (Lipinski definition) is 3. The first kappa shape index (κ1) is 14.1. The van der Waals surface area contributed by atoms with Gasteiger partial charge in [0.15, 0.2) is 0 Å². The van der Waals surface area contributed by atoms with Crippen molar-refractivity contribution in [3.8, 4) is 5.75 Å². The average molecular weight is 292 g/mol. The maximum absolute atomic E-state index is 12.0. The first-order valence-corrected chi connectivity index (χ1v) is 6.30. The summed E-state index contributed by atoms with van der Waals surface area (Å²) in [6.45, 7) is 3.76. The number of nitrogens with one attached hydrogen (secondary N) is 2. The molecule has 6 heteroatoms. The van der Waals surface area contributed by atoms with Gasteiger partial charge >= 0.3 is 0 Å². The molecule has 0 bridgehead atoms. The summed E-state index contributed by atoms with van der Waals surface area (Å²) >= 11 is 5.92. The zero-order valence-electron chi connectivity index (χ0n) is 10.9. The third-order valence-corrected chi connectivity index (χ3v) is 3.25. The number of aromatic nitrogens is 1. The van der Waals surface area contributed by atoms with Crippen LogP contribution >= 0.6 is 11.6 Å². The summed E-state index contributed by atoms with van der Waals surface area (Å²) in [5.41, 5.74) is 0.472. The van der Waals surface area contributed by atoms with E-state index >= 15 is 0 Å². The fourth-order valence-corrected chi connectivity index (χ4v) is 2.17. The van der Waals surface area contributed by atoms with Crippen molar-refractivity contribution in [3.05, 3.63) is 46.9 Å². The van der Waals surface area contributed by atoms with E-state index in [0.717, 1.165) is 0 Å². The molecule has 2 aromatic rings. The molecule has 1 heterocycles. The van der Waals surface area contributed by atoms with Crippen molar-refractivity contribution in [1.29, 1.82) is 5.41 Å². The molecule has 3 N–H and O–H groups in total. The SMILES string of the molecule is C=CCNC(=O)c1c(O)c2cc(Cl)ccc2n(C)c1=N. The Hall–Kier alpha value is -2.27. The van der Waals surface area contributed by atoms with Crippen LogP contribution in [0.3, 0.4) is 0 Å². The molecule has 0 aliphatic rings. The number of rotatable bonds is 3. The molecular weight excluding hydrogens is 278 g/mol. The van der Waals surface area contributed by atoms with E-state index in [2.05, 4.69) is 11.9 Å². The van der Waals surface area contributed by atoms with Crippen LogP contribution in [0.4, 0.5) is 0 Å². The Morgan fingerprint density at radius 3 is 2.95 bits per heavy atom. The monoisotopic (exact) mass is 291 g/mol. The molecule has 5 nitrogen and oxygen atoms in total. The number of carbonyl (C=O) groups is 1. The van der Waals surface area contributed by atoms with Crippen molar-refractivity contribution in [2.45, 2.75) is 0 Å². The second-order valence-corrected chi connectivity index (χ2v) is 4.73. The fourth-order valence-electron chi connectivity index (χ4n) is 1.99. The van der Waals surface area contributed by atoms with Crippen molar-refractivity contribution in [2.24, 2.45) is 7.05 Å². The van der Waals surface area contributed by atoms with Gasteiger partial charge in [0.2, 0.25) is 0 Å². The minimum absolute atomic E-state index is 0.0705. The number of aromatic hydroxyl groups is 1. The molecule has 1 amide bonds. The van der Waals surface area contributed by atoms with E-state index in [0.29, 0.717) is 15.9 Å². The van der Waals surface area contributed by atoms with Crippen molar-refractivity contribution in [3.63, 3.8) is 0 Å². The molecule has 0 unspecified atom stereocenters. The molecule has 0 radical (unpaired) electrons. The van der Waals surface area contributed by atoms with Crippen LogP contribution in [0.15, 0.2) is 30.9 Å². The van der Waals surface area contributed by atoms with Gasteiger partial charge in [0.1, 0.15) is 16.8 Å². The Balaban J connectivity index is 2.75. The lowest BCUT2D eigenvalue weighted by molar-refractivity contribution is 0.0953. The standard InChI is InChI=1S/C14H14ClN3O2/c1-3-6-17-14(20)11-12(19)9-7-8(15)4-5-10(9)18(2)13(11)16/h3-5,7,16,19H,1,6H2,2H3,(H,17,20). The second kappa shape index (κ2) is 5.38. The lowest BCUT2D eigenvalue weighted by atomic mass is 10.1. The lowest BCUT2D eigenvalue weighted by Gasteiger charge is -2.13. The van der Waals surface area contributed by atoms with E-state index < -0.39 is 5.91 Å². The number of nitrogens with zero attached hydrogens (tertiary/aromatic N) is 1. The van der Waals surface area contributed by atoms with Crippen molar-refractivity contribution >= 4 is 28.4 Å². The summed E-state index contributed by atoms with van der Waals surface area (Å²) in [7, 11) is 1.66. The van der Waals surface area contributed by atoms with Gasteiger partial charge in [-0.1, -0.05) is 17.7 Å². The summed E-state index contributed by atoms with van der Waals surface area (Å²) < 4.78 is 1.52. The first-order valence-electron chi connectivity index (χ1n) is 5.92. The molecule has 0 fully saturated rings. The van der Waals surface area contributed by atoms with Crippen LogP contribution in [0.25, 0.3) is 10.9 Å². The minimum Gasteiger partial charge on any atom is -0.506 e. The Morgan fingerprint density at radius 1 is 1.60 bits per heavy atom. The zero-order valence-corrected chi connectivity index (χ0v) is 11.7. The summed E-state index contributed by atoms with van der Waals surface area (Å²) in [5, 5.41) is 21.7. The summed E-state index contributed by atoms with van der Waals surface area (Å²) in [6.07, 6.45) is 1.52. The highest BCUT2D eigenvalue weighted by Gasteiger charge is 2.18. The molecule has 20 heavy (non-hydrogen) atoms. The van der Waals surface area contributed by atoms with Gasteiger partial charge in [0.05, 0.1) is 5.52 Å². The number of hydrogen-bond donors (Lipinski definition) is 3. The highest BCUT2D eigenvalue weighted by Crippen LogP contribution is 2.28. The normalized spacial score (nSPS) is 10.5. The van der Waals surface area contributed by atoms with Gasteiger partial charge < -0.3 is 15.0 Å². The fraction of sp³-hybridized carbons (Fsp3) is 0.143. The highest BCUT2D eigenvalue weighted by molar-refractivity contribution is 6.31. The van der Waals surface area contributed by atoms with Crippen LogP contribution in [0.1, 0.15) is 10.4 Å². The zero-order chi connectivity index (χ0) is 14.9. The maximum Gasteiger partial charge on any atom is 0.259 e. The van der Waals surface area contributed by atoms with E-state index in [1.54, 1.807) is 25.2 Å². The third kappa shape index (κ3) is 2.28. The minimum atomic E-state index is -0.523. The van der Waals surface area contributed by atoms with Crippen molar-refractivity contribution in [1.82, 2.24) is 9.88 Å². The predicted molar refractivity (Wildman–Crippen MR) is 78.0 cm³/mol. The molecule has 104 valence electrons. The van der Waals surface area contributed by atoms with Gasteiger partial charge in [-0.25, -0.2) is 0 Å². The smallest absolute Gasteiger partial charge is 0.259 e. The van der Waals surface area contributed by atoms with Crippen LogP contribution in [-0.4, -0.2) is 22.1 Å². The van der Waals surface area contributed by atoms with Gasteiger partial charge in [-0.05, 0) is 18.2 Å². The largest absolute Gasteiger partial charge is 0.506 e. The second-order valence-electron chi connectivity index (χ2n) is 4.29. The number of aryl methyl sites for hydroxylation is 1. The number of pyridine rings is 1. The topological polar surface area (TPSA) is 78.1 Å². The summed E-state index contributed by atoms with van der Waals surface area (Å²) in [5.74, 6) is -0.767. The Labute approximate surface area is 120 Å². The van der Waals surface area contributed by atoms with Gasteiger partial charge in [-0.3, -0.25) is 10.2 Å². The van der Waals surface area contributed by atoms with E-state index in [4.69, 9.17) is 17.0 Å². The lowest BCUT2D eigenvalue weighted by Crippen LogP contribution is -2.32. The molecule has 0 atom stereocenters. The molecule has 0 spiro atoms. The van der Waals surface area contributed by atoms with E-state index in [1.807, 2.05) is 0 Å². The first-order chi connectivity index (χ1) is 9.47. The van der Waals surface area contributed by atoms with E-state index in [-0.39, 0.29) is 23.3 Å². The van der Waals surface area contributed by atoms with E-state index in [9.17, 15) is 9.90 Å². The Morgan fingerprint density at radius 2 is 2.30 bits per heavy atom. The molecule has 1 aromatic carbocycles. The number of carbonyl (C=O) groups excluding carboxylic acids is 1. The van der Waals surface area contributed by atoms with Gasteiger partial charge in [-0.2, -0.15) is 0 Å². The quantitative estimate of drug-likeness (QED) is 0.756. The van der Waals surface area contributed by atoms with Crippen LogP contribution in [-0.2, 0) is 7.05 Å². The van der Waals surface area contributed by atoms with E-state index in [1.165, 1.54) is 10.6 Å². The van der Waals surface area contributed by atoms with Crippen LogP contribution in [0.5, 0.6) is 5.75 Å². The summed E-state index contributed by atoms with van der Waals surface area (Å²) in [6, 6.07) is 4.93. The highest BCUT2D eigenvalue weighted by atomic mass is 35.5. The summed E-state index contributed by atoms with van der Waals surface area (Å²) in [4.78, 5) is 12.0. The molecule has 0 saturated carbocycles. The van der Waals surface area contributed by atoms with Crippen molar-refractivity contribution in [2.75, 3.05) is 6.54 Å². The predicted octanol–water partition coefficient (Wildman–Crippen LogP) is 1.93. The molecule has 0 aliphatic carbocycles.